The minimum Gasteiger partial charge on any atom is -0.355 e. The Labute approximate surface area is 151 Å². The van der Waals surface area contributed by atoms with Crippen LogP contribution in [0.2, 0.25) is 0 Å². The van der Waals surface area contributed by atoms with Crippen molar-refractivity contribution in [3.8, 4) is 21.9 Å². The second-order valence-electron chi connectivity index (χ2n) is 5.10. The lowest BCUT2D eigenvalue weighted by molar-refractivity contribution is 0.0941. The first-order valence-corrected chi connectivity index (χ1v) is 9.25. The number of nitrogens with one attached hydrogen (secondary N) is 1. The van der Waals surface area contributed by atoms with Crippen LogP contribution in [-0.2, 0) is 6.54 Å². The summed E-state index contributed by atoms with van der Waals surface area (Å²) in [6.07, 6.45) is 3.26. The Morgan fingerprint density at radius 1 is 1.20 bits per heavy atom. The third-order valence-corrected chi connectivity index (χ3v) is 5.06. The lowest BCUT2D eigenvalue weighted by Gasteiger charge is -2.06. The molecule has 4 heterocycles. The fourth-order valence-electron chi connectivity index (χ4n) is 2.31. The highest BCUT2D eigenvalue weighted by molar-refractivity contribution is 7.13. The third kappa shape index (κ3) is 3.35. The van der Waals surface area contributed by atoms with Gasteiger partial charge in [-0.1, -0.05) is 11.2 Å². The Balaban J connectivity index is 1.48. The van der Waals surface area contributed by atoms with Gasteiger partial charge in [-0.15, -0.1) is 11.3 Å². The predicted octanol–water partition coefficient (Wildman–Crippen LogP) is 3.85. The van der Waals surface area contributed by atoms with Gasteiger partial charge >= 0.3 is 0 Å². The van der Waals surface area contributed by atoms with E-state index >= 15 is 0 Å². The number of carbonyl (C=O) groups excluding carboxylic acids is 1. The summed E-state index contributed by atoms with van der Waals surface area (Å²) < 4.78 is 5.24. The summed E-state index contributed by atoms with van der Waals surface area (Å²) >= 11 is 3.12. The molecule has 0 spiro atoms. The van der Waals surface area contributed by atoms with Gasteiger partial charge in [-0.2, -0.15) is 11.3 Å². The van der Waals surface area contributed by atoms with E-state index in [0.717, 1.165) is 16.1 Å². The molecule has 8 heteroatoms. The summed E-state index contributed by atoms with van der Waals surface area (Å²) in [5, 5.41) is 12.6. The highest BCUT2D eigenvalue weighted by Crippen LogP contribution is 2.25. The largest absolute Gasteiger partial charge is 0.355 e. The van der Waals surface area contributed by atoms with Crippen LogP contribution in [0, 0.1) is 0 Å². The van der Waals surface area contributed by atoms with Crippen molar-refractivity contribution in [2.45, 2.75) is 6.54 Å². The highest BCUT2D eigenvalue weighted by atomic mass is 32.1. The van der Waals surface area contributed by atoms with Gasteiger partial charge in [0.15, 0.2) is 11.5 Å². The minimum absolute atomic E-state index is 0.240. The first-order chi connectivity index (χ1) is 12.3. The van der Waals surface area contributed by atoms with Gasteiger partial charge < -0.3 is 9.84 Å². The fourth-order valence-corrected chi connectivity index (χ4v) is 3.62. The van der Waals surface area contributed by atoms with Crippen molar-refractivity contribution in [1.82, 2.24) is 20.4 Å². The van der Waals surface area contributed by atoms with E-state index in [2.05, 4.69) is 20.4 Å². The van der Waals surface area contributed by atoms with Crippen LogP contribution in [0.5, 0.6) is 0 Å². The maximum atomic E-state index is 12.3. The van der Waals surface area contributed by atoms with E-state index in [4.69, 9.17) is 4.52 Å². The molecule has 0 aliphatic rings. The second kappa shape index (κ2) is 6.96. The van der Waals surface area contributed by atoms with Gasteiger partial charge in [0.25, 0.3) is 5.91 Å². The average Bonchev–Trinajstić information content (AvgIpc) is 3.41. The number of carbonyl (C=O) groups is 1. The Bertz CT molecular complexity index is 978. The fraction of sp³-hybridized carbons (Fsp3) is 0.0588. The van der Waals surface area contributed by atoms with Crippen LogP contribution in [0.1, 0.15) is 16.2 Å². The van der Waals surface area contributed by atoms with Crippen LogP contribution in [0.25, 0.3) is 21.9 Å². The highest BCUT2D eigenvalue weighted by Gasteiger charge is 2.15. The number of thiophene rings is 2. The molecular weight excluding hydrogens is 356 g/mol. The number of amides is 1. The minimum atomic E-state index is -0.312. The number of rotatable bonds is 5. The Kier molecular flexibility index (Phi) is 4.36. The van der Waals surface area contributed by atoms with E-state index in [9.17, 15) is 4.79 Å². The molecule has 0 bridgehead atoms. The van der Waals surface area contributed by atoms with E-state index in [0.29, 0.717) is 11.5 Å². The zero-order chi connectivity index (χ0) is 17.1. The first-order valence-electron chi connectivity index (χ1n) is 7.42. The van der Waals surface area contributed by atoms with Crippen molar-refractivity contribution in [3.63, 3.8) is 0 Å². The average molecular weight is 368 g/mol. The zero-order valence-electron chi connectivity index (χ0n) is 12.9. The van der Waals surface area contributed by atoms with E-state index in [-0.39, 0.29) is 18.1 Å². The topological polar surface area (TPSA) is 80.9 Å². The lowest BCUT2D eigenvalue weighted by atomic mass is 10.2. The molecule has 1 N–H and O–H groups in total. The van der Waals surface area contributed by atoms with Crippen LogP contribution in [0.4, 0.5) is 0 Å². The molecule has 4 aromatic heterocycles. The van der Waals surface area contributed by atoms with Crippen LogP contribution < -0.4 is 5.32 Å². The molecule has 0 saturated carbocycles. The van der Waals surface area contributed by atoms with E-state index < -0.39 is 0 Å². The van der Waals surface area contributed by atoms with Gasteiger partial charge in [0.05, 0.1) is 22.8 Å². The van der Waals surface area contributed by atoms with Crippen molar-refractivity contribution >= 4 is 28.6 Å². The maximum absolute atomic E-state index is 12.3. The summed E-state index contributed by atoms with van der Waals surface area (Å²) in [7, 11) is 0. The standard InChI is InChI=1S/C17H12N4O2S2/c22-17(12-8-14(23-21-12)15-2-1-6-25-15)20-9-13-16(19-5-4-18-13)11-3-7-24-10-11/h1-8,10H,9H2,(H,20,22). The van der Waals surface area contributed by atoms with Crippen LogP contribution in [0.3, 0.4) is 0 Å². The summed E-state index contributed by atoms with van der Waals surface area (Å²) in [5.74, 6) is 0.270. The van der Waals surface area contributed by atoms with Crippen LogP contribution in [0.15, 0.2) is 57.3 Å². The molecule has 6 nitrogen and oxygen atoms in total. The molecule has 0 radical (unpaired) electrons. The number of hydrogen-bond acceptors (Lipinski definition) is 7. The molecule has 1 amide bonds. The molecule has 0 fully saturated rings. The van der Waals surface area contributed by atoms with Crippen molar-refractivity contribution in [2.24, 2.45) is 0 Å². The molecular formula is C17H12N4O2S2. The van der Waals surface area contributed by atoms with Gasteiger partial charge in [-0.3, -0.25) is 14.8 Å². The number of hydrogen-bond donors (Lipinski definition) is 1. The lowest BCUT2D eigenvalue weighted by Crippen LogP contribution is -2.24. The molecule has 0 aromatic carbocycles. The van der Waals surface area contributed by atoms with Gasteiger partial charge in [0, 0.05) is 29.4 Å². The van der Waals surface area contributed by atoms with Crippen molar-refractivity contribution in [3.05, 3.63) is 64.2 Å². The van der Waals surface area contributed by atoms with Crippen molar-refractivity contribution < 1.29 is 9.32 Å². The SMILES string of the molecule is O=C(NCc1nccnc1-c1ccsc1)c1cc(-c2cccs2)on1. The van der Waals surface area contributed by atoms with E-state index in [1.807, 2.05) is 34.3 Å². The summed E-state index contributed by atoms with van der Waals surface area (Å²) in [6, 6.07) is 7.45. The van der Waals surface area contributed by atoms with Gasteiger partial charge in [0.2, 0.25) is 0 Å². The molecule has 0 aliphatic heterocycles. The Morgan fingerprint density at radius 3 is 2.92 bits per heavy atom. The van der Waals surface area contributed by atoms with Crippen LogP contribution >= 0.6 is 22.7 Å². The zero-order valence-corrected chi connectivity index (χ0v) is 14.5. The van der Waals surface area contributed by atoms with Gasteiger partial charge in [-0.05, 0) is 22.9 Å². The molecule has 4 rings (SSSR count). The molecule has 0 atom stereocenters. The quantitative estimate of drug-likeness (QED) is 0.579. The Morgan fingerprint density at radius 2 is 2.12 bits per heavy atom. The van der Waals surface area contributed by atoms with Gasteiger partial charge in [-0.25, -0.2) is 0 Å². The Hall–Kier alpha value is -2.84. The molecule has 25 heavy (non-hydrogen) atoms. The van der Waals surface area contributed by atoms with E-state index in [1.165, 1.54) is 11.3 Å². The normalized spacial score (nSPS) is 10.7. The second-order valence-corrected chi connectivity index (χ2v) is 6.83. The molecule has 0 saturated heterocycles. The summed E-state index contributed by atoms with van der Waals surface area (Å²) in [6.45, 7) is 0.263. The van der Waals surface area contributed by atoms with Crippen molar-refractivity contribution in [1.29, 1.82) is 0 Å². The number of aromatic nitrogens is 3. The van der Waals surface area contributed by atoms with Crippen molar-refractivity contribution in [2.75, 3.05) is 0 Å². The smallest absolute Gasteiger partial charge is 0.273 e. The summed E-state index contributed by atoms with van der Waals surface area (Å²) in [5.41, 5.74) is 2.70. The molecule has 124 valence electrons. The maximum Gasteiger partial charge on any atom is 0.273 e. The number of nitrogens with zero attached hydrogens (tertiary/aromatic N) is 3. The van der Waals surface area contributed by atoms with Crippen LogP contribution in [-0.4, -0.2) is 21.0 Å². The molecule has 0 aliphatic carbocycles. The van der Waals surface area contributed by atoms with E-state index in [1.54, 1.807) is 29.8 Å². The molecule has 4 aromatic rings. The monoisotopic (exact) mass is 368 g/mol. The summed E-state index contributed by atoms with van der Waals surface area (Å²) in [4.78, 5) is 22.0. The third-order valence-electron chi connectivity index (χ3n) is 3.49. The first kappa shape index (κ1) is 15.7. The molecule has 0 unspecified atom stereocenters. The van der Waals surface area contributed by atoms with Gasteiger partial charge in [0.1, 0.15) is 0 Å². The predicted molar refractivity (Wildman–Crippen MR) is 96.3 cm³/mol.